The van der Waals surface area contributed by atoms with Crippen molar-refractivity contribution in [3.8, 4) is 11.8 Å². The number of piperazine rings is 1. The third kappa shape index (κ3) is 5.83. The number of alkyl halides is 6. The van der Waals surface area contributed by atoms with Crippen molar-refractivity contribution in [1.82, 2.24) is 9.80 Å². The molecule has 1 fully saturated rings. The number of carbonyl (C=O) groups excluding carboxylic acids is 2. The molecule has 0 aliphatic carbocycles. The Balaban J connectivity index is 1.63. The minimum absolute atomic E-state index is 0.00515. The van der Waals surface area contributed by atoms with Crippen LogP contribution in [0.25, 0.3) is 0 Å². The molecule has 1 aliphatic heterocycles. The Morgan fingerprint density at radius 3 is 1.91 bits per heavy atom. The first-order chi connectivity index (χ1) is 15.4. The van der Waals surface area contributed by atoms with Gasteiger partial charge >= 0.3 is 12.4 Å². The molecule has 1 saturated heterocycles. The molecule has 4 nitrogen and oxygen atoms in total. The smallest absolute Gasteiger partial charge is 0.335 e. The predicted molar refractivity (Wildman–Crippen MR) is 102 cm³/mol. The number of rotatable bonds is 1. The third-order valence-corrected chi connectivity index (χ3v) is 4.90. The van der Waals surface area contributed by atoms with Crippen molar-refractivity contribution in [3.05, 3.63) is 70.5 Å². The van der Waals surface area contributed by atoms with Crippen molar-refractivity contribution in [2.45, 2.75) is 12.4 Å². The summed E-state index contributed by atoms with van der Waals surface area (Å²) in [7, 11) is 0. The van der Waals surface area contributed by atoms with E-state index in [4.69, 9.17) is 0 Å². The number of carbonyl (C=O) groups is 2. The Labute approximate surface area is 183 Å². The van der Waals surface area contributed by atoms with E-state index in [2.05, 4.69) is 11.8 Å². The van der Waals surface area contributed by atoms with Gasteiger partial charge in [-0.1, -0.05) is 5.92 Å². The van der Waals surface area contributed by atoms with Crippen LogP contribution in [0.1, 0.15) is 27.0 Å². The molecule has 0 unspecified atom stereocenters. The maximum atomic E-state index is 13.3. The number of benzene rings is 2. The first-order valence-corrected chi connectivity index (χ1v) is 9.50. The van der Waals surface area contributed by atoms with Crippen LogP contribution in [0.3, 0.4) is 0 Å². The molecule has 174 valence electrons. The Kier molecular flexibility index (Phi) is 6.67. The van der Waals surface area contributed by atoms with Gasteiger partial charge in [-0.25, -0.2) is 4.39 Å². The fraction of sp³-hybridized carbons (Fsp3) is 0.273. The molecule has 2 aromatic rings. The van der Waals surface area contributed by atoms with Crippen molar-refractivity contribution in [2.75, 3.05) is 26.2 Å². The standard InChI is InChI=1S/C22H15F7N2O2/c23-16-6-7-17(18(13-16)22(27,28)29)20(33)31-11-9-30(10-12-31)19(32)8-3-14-1-4-15(5-2-14)21(24,25)26/h1-2,4-7,13H,9-12H2. The highest BCUT2D eigenvalue weighted by molar-refractivity contribution is 5.97. The van der Waals surface area contributed by atoms with Crippen LogP contribution in [-0.2, 0) is 17.1 Å². The largest absolute Gasteiger partial charge is 0.417 e. The zero-order valence-corrected chi connectivity index (χ0v) is 16.7. The summed E-state index contributed by atoms with van der Waals surface area (Å²) in [6.07, 6.45) is -9.41. The lowest BCUT2D eigenvalue weighted by Crippen LogP contribution is -2.50. The van der Waals surface area contributed by atoms with E-state index in [9.17, 15) is 40.3 Å². The summed E-state index contributed by atoms with van der Waals surface area (Å²) >= 11 is 0. The number of amides is 2. The van der Waals surface area contributed by atoms with Gasteiger partial charge in [0.05, 0.1) is 16.7 Å². The topological polar surface area (TPSA) is 40.6 Å². The van der Waals surface area contributed by atoms with E-state index in [1.165, 1.54) is 4.90 Å². The second-order valence-electron chi connectivity index (χ2n) is 7.10. The number of nitrogens with zero attached hydrogens (tertiary/aromatic N) is 2. The highest BCUT2D eigenvalue weighted by Gasteiger charge is 2.37. The molecular formula is C22H15F7N2O2. The van der Waals surface area contributed by atoms with Gasteiger partial charge in [-0.05, 0) is 42.5 Å². The predicted octanol–water partition coefficient (Wildman–Crippen LogP) is 4.20. The van der Waals surface area contributed by atoms with Gasteiger partial charge in [0.1, 0.15) is 5.82 Å². The SMILES string of the molecule is O=C(C#Cc1ccc(C(F)(F)F)cc1)N1CCN(C(=O)c2ccc(F)cc2C(F)(F)F)CC1. The Morgan fingerprint density at radius 1 is 0.788 bits per heavy atom. The van der Waals surface area contributed by atoms with Crippen molar-refractivity contribution in [1.29, 1.82) is 0 Å². The van der Waals surface area contributed by atoms with Crippen molar-refractivity contribution in [2.24, 2.45) is 0 Å². The molecule has 0 N–H and O–H groups in total. The molecular weight excluding hydrogens is 457 g/mol. The minimum atomic E-state index is -4.92. The Morgan fingerprint density at radius 2 is 1.36 bits per heavy atom. The molecule has 11 heteroatoms. The summed E-state index contributed by atoms with van der Waals surface area (Å²) in [5, 5.41) is 0. The van der Waals surface area contributed by atoms with Crippen LogP contribution in [-0.4, -0.2) is 47.8 Å². The molecule has 0 aromatic heterocycles. The molecule has 0 atom stereocenters. The summed E-state index contributed by atoms with van der Waals surface area (Å²) < 4.78 is 90.5. The van der Waals surface area contributed by atoms with Gasteiger partial charge in [-0.2, -0.15) is 26.3 Å². The quantitative estimate of drug-likeness (QED) is 0.461. The van der Waals surface area contributed by atoms with E-state index >= 15 is 0 Å². The maximum Gasteiger partial charge on any atom is 0.417 e. The summed E-state index contributed by atoms with van der Waals surface area (Å²) in [5.41, 5.74) is -2.73. The fourth-order valence-electron chi connectivity index (χ4n) is 3.17. The van der Waals surface area contributed by atoms with Gasteiger partial charge in [0, 0.05) is 37.7 Å². The van der Waals surface area contributed by atoms with Gasteiger partial charge < -0.3 is 9.80 Å². The lowest BCUT2D eigenvalue weighted by atomic mass is 10.0. The Hall–Kier alpha value is -3.55. The maximum absolute atomic E-state index is 13.3. The van der Waals surface area contributed by atoms with Crippen LogP contribution in [0.4, 0.5) is 30.7 Å². The molecule has 1 aliphatic rings. The van der Waals surface area contributed by atoms with Gasteiger partial charge in [-0.15, -0.1) is 0 Å². The van der Waals surface area contributed by atoms with Gasteiger partial charge in [-0.3, -0.25) is 9.59 Å². The van der Waals surface area contributed by atoms with Gasteiger partial charge in [0.2, 0.25) is 0 Å². The highest BCUT2D eigenvalue weighted by Crippen LogP contribution is 2.33. The van der Waals surface area contributed by atoms with Crippen molar-refractivity contribution < 1.29 is 40.3 Å². The molecule has 0 radical (unpaired) electrons. The van der Waals surface area contributed by atoms with Crippen LogP contribution < -0.4 is 0 Å². The third-order valence-electron chi connectivity index (χ3n) is 4.90. The number of hydrogen-bond donors (Lipinski definition) is 0. The van der Waals surface area contributed by atoms with Crippen molar-refractivity contribution >= 4 is 11.8 Å². The lowest BCUT2D eigenvalue weighted by molar-refractivity contribution is -0.138. The van der Waals surface area contributed by atoms with Crippen LogP contribution in [0, 0.1) is 17.7 Å². The first kappa shape index (κ1) is 24.1. The summed E-state index contributed by atoms with van der Waals surface area (Å²) in [6, 6.07) is 5.71. The second kappa shape index (κ2) is 9.13. The molecule has 33 heavy (non-hydrogen) atoms. The zero-order chi connectivity index (χ0) is 24.4. The van der Waals surface area contributed by atoms with E-state index in [1.54, 1.807) is 0 Å². The average Bonchev–Trinajstić information content (AvgIpc) is 2.76. The molecule has 0 spiro atoms. The van der Waals surface area contributed by atoms with E-state index in [0.717, 1.165) is 41.3 Å². The monoisotopic (exact) mass is 472 g/mol. The van der Waals surface area contributed by atoms with Crippen LogP contribution in [0.15, 0.2) is 42.5 Å². The van der Waals surface area contributed by atoms with E-state index in [-0.39, 0.29) is 37.8 Å². The molecule has 2 amide bonds. The summed E-state index contributed by atoms with van der Waals surface area (Å²) in [4.78, 5) is 27.2. The Bertz CT molecular complexity index is 1100. The highest BCUT2D eigenvalue weighted by atomic mass is 19.4. The minimum Gasteiger partial charge on any atom is -0.335 e. The van der Waals surface area contributed by atoms with E-state index < -0.39 is 46.7 Å². The lowest BCUT2D eigenvalue weighted by Gasteiger charge is -2.34. The van der Waals surface area contributed by atoms with Gasteiger partial charge in [0.25, 0.3) is 11.8 Å². The van der Waals surface area contributed by atoms with Crippen LogP contribution in [0.2, 0.25) is 0 Å². The molecule has 2 aromatic carbocycles. The summed E-state index contributed by atoms with van der Waals surface area (Å²) in [5.74, 6) is 2.06. The van der Waals surface area contributed by atoms with Crippen LogP contribution in [0.5, 0.6) is 0 Å². The normalized spacial score (nSPS) is 14.5. The van der Waals surface area contributed by atoms with E-state index in [1.807, 2.05) is 0 Å². The molecule has 1 heterocycles. The molecule has 3 rings (SSSR count). The second-order valence-corrected chi connectivity index (χ2v) is 7.10. The number of hydrogen-bond acceptors (Lipinski definition) is 2. The number of halogens is 7. The molecule has 0 saturated carbocycles. The fourth-order valence-corrected chi connectivity index (χ4v) is 3.17. The first-order valence-electron chi connectivity index (χ1n) is 9.50. The zero-order valence-electron chi connectivity index (χ0n) is 16.7. The van der Waals surface area contributed by atoms with E-state index in [0.29, 0.717) is 0 Å². The summed E-state index contributed by atoms with van der Waals surface area (Å²) in [6.45, 7) is -0.147. The average molecular weight is 472 g/mol. The molecule has 0 bridgehead atoms. The van der Waals surface area contributed by atoms with Crippen molar-refractivity contribution in [3.63, 3.8) is 0 Å². The van der Waals surface area contributed by atoms with Crippen LogP contribution >= 0.6 is 0 Å². The van der Waals surface area contributed by atoms with Gasteiger partial charge in [0.15, 0.2) is 0 Å².